The van der Waals surface area contributed by atoms with E-state index in [4.69, 9.17) is 9.97 Å². The molecular weight excluding hydrogens is 446 g/mol. The predicted molar refractivity (Wildman–Crippen MR) is 142 cm³/mol. The lowest BCUT2D eigenvalue weighted by Gasteiger charge is -2.17. The molecule has 6 aromatic rings. The molecule has 174 valence electrons. The SMILES string of the molecule is O=C(c1ccccc1)[C@H](Nc1nc2nc(-c3ccccc3)c(-c3ccccc3)n2[nH]1)c1ccccc1. The molecule has 1 atom stereocenters. The lowest BCUT2D eigenvalue weighted by molar-refractivity contribution is 0.0969. The van der Waals surface area contributed by atoms with E-state index in [9.17, 15) is 4.79 Å². The fourth-order valence-electron chi connectivity index (χ4n) is 4.40. The highest BCUT2D eigenvalue weighted by Crippen LogP contribution is 2.33. The van der Waals surface area contributed by atoms with Crippen LogP contribution in [0.15, 0.2) is 121 Å². The third-order valence-electron chi connectivity index (χ3n) is 6.12. The molecule has 2 aromatic heterocycles. The van der Waals surface area contributed by atoms with E-state index in [1.807, 2.05) is 114 Å². The Bertz CT molecular complexity index is 1610. The zero-order valence-electron chi connectivity index (χ0n) is 19.4. The summed E-state index contributed by atoms with van der Waals surface area (Å²) in [6, 6.07) is 38.5. The van der Waals surface area contributed by atoms with Gasteiger partial charge in [0.25, 0.3) is 5.78 Å². The van der Waals surface area contributed by atoms with Crippen molar-refractivity contribution in [3.8, 4) is 22.5 Å². The first-order chi connectivity index (χ1) is 17.8. The van der Waals surface area contributed by atoms with Gasteiger partial charge in [-0.1, -0.05) is 121 Å². The monoisotopic (exact) mass is 469 g/mol. The van der Waals surface area contributed by atoms with Gasteiger partial charge < -0.3 is 5.32 Å². The Kier molecular flexibility index (Phi) is 5.60. The first kappa shape index (κ1) is 21.6. The van der Waals surface area contributed by atoms with Crippen LogP contribution in [-0.2, 0) is 0 Å². The highest BCUT2D eigenvalue weighted by atomic mass is 16.1. The standard InChI is InChI=1S/C30H23N5O/c36-28(24-19-11-4-12-20-24)26(22-15-7-2-8-16-22)31-29-33-30-32-25(21-13-5-1-6-14-21)27(35(30)34-29)23-17-9-3-10-18-23/h1-20,26H,(H2,31,32,33,34)/t26-/m1/s1. The maximum absolute atomic E-state index is 13.5. The molecule has 0 aliphatic rings. The van der Waals surface area contributed by atoms with Crippen molar-refractivity contribution < 1.29 is 4.79 Å². The summed E-state index contributed by atoms with van der Waals surface area (Å²) < 4.78 is 1.87. The maximum atomic E-state index is 13.5. The van der Waals surface area contributed by atoms with Gasteiger partial charge in [0.1, 0.15) is 17.4 Å². The molecule has 36 heavy (non-hydrogen) atoms. The average Bonchev–Trinajstić information content (AvgIpc) is 3.51. The van der Waals surface area contributed by atoms with Gasteiger partial charge in [0.05, 0.1) is 0 Å². The number of nitrogens with one attached hydrogen (secondary N) is 2. The molecular formula is C30H23N5O. The summed E-state index contributed by atoms with van der Waals surface area (Å²) >= 11 is 0. The highest BCUT2D eigenvalue weighted by Gasteiger charge is 2.25. The van der Waals surface area contributed by atoms with E-state index in [2.05, 4.69) is 22.5 Å². The Hall–Kier alpha value is -4.97. The van der Waals surface area contributed by atoms with Gasteiger partial charge in [-0.2, -0.15) is 4.98 Å². The van der Waals surface area contributed by atoms with Gasteiger partial charge >= 0.3 is 0 Å². The van der Waals surface area contributed by atoms with Crippen molar-refractivity contribution in [2.45, 2.75) is 6.04 Å². The van der Waals surface area contributed by atoms with E-state index in [1.165, 1.54) is 0 Å². The van der Waals surface area contributed by atoms with E-state index in [0.29, 0.717) is 17.3 Å². The summed E-state index contributed by atoms with van der Waals surface area (Å²) in [4.78, 5) is 23.1. The van der Waals surface area contributed by atoms with Crippen LogP contribution in [0, 0.1) is 0 Å². The van der Waals surface area contributed by atoms with Crippen molar-refractivity contribution in [2.75, 3.05) is 5.32 Å². The summed E-state index contributed by atoms with van der Waals surface area (Å²) in [6.45, 7) is 0. The number of nitrogens with zero attached hydrogens (tertiary/aromatic N) is 3. The van der Waals surface area contributed by atoms with Crippen LogP contribution in [-0.4, -0.2) is 25.4 Å². The molecule has 0 radical (unpaired) electrons. The molecule has 6 heteroatoms. The van der Waals surface area contributed by atoms with E-state index in [0.717, 1.165) is 28.1 Å². The summed E-state index contributed by atoms with van der Waals surface area (Å²) in [5.41, 5.74) is 5.25. The molecule has 0 saturated carbocycles. The molecule has 4 aromatic carbocycles. The van der Waals surface area contributed by atoms with E-state index in [-0.39, 0.29) is 5.78 Å². The summed E-state index contributed by atoms with van der Waals surface area (Å²) in [5, 5.41) is 6.67. The summed E-state index contributed by atoms with van der Waals surface area (Å²) in [6.07, 6.45) is 0. The number of carbonyl (C=O) groups excluding carboxylic acids is 1. The normalized spacial score (nSPS) is 11.9. The van der Waals surface area contributed by atoms with Crippen molar-refractivity contribution >= 4 is 17.5 Å². The van der Waals surface area contributed by atoms with E-state index >= 15 is 0 Å². The van der Waals surface area contributed by atoms with Crippen LogP contribution in [0.1, 0.15) is 22.0 Å². The van der Waals surface area contributed by atoms with Crippen LogP contribution >= 0.6 is 0 Å². The van der Waals surface area contributed by atoms with Crippen molar-refractivity contribution in [1.29, 1.82) is 0 Å². The molecule has 6 nitrogen and oxygen atoms in total. The number of ketones is 1. The fraction of sp³-hybridized carbons (Fsp3) is 0.0333. The van der Waals surface area contributed by atoms with Gasteiger partial charge in [-0.05, 0) is 5.56 Å². The van der Waals surface area contributed by atoms with Gasteiger partial charge in [-0.25, -0.2) is 9.50 Å². The fourth-order valence-corrected chi connectivity index (χ4v) is 4.40. The highest BCUT2D eigenvalue weighted by molar-refractivity contribution is 6.02. The van der Waals surface area contributed by atoms with Crippen molar-refractivity contribution in [3.63, 3.8) is 0 Å². The zero-order valence-corrected chi connectivity index (χ0v) is 19.4. The summed E-state index contributed by atoms with van der Waals surface area (Å²) in [7, 11) is 0. The minimum atomic E-state index is -0.613. The molecule has 6 rings (SSSR count). The van der Waals surface area contributed by atoms with Crippen LogP contribution in [0.2, 0.25) is 0 Å². The smallest absolute Gasteiger partial charge is 0.253 e. The third-order valence-corrected chi connectivity index (χ3v) is 6.12. The number of H-pyrrole nitrogens is 1. The Morgan fingerprint density at radius 1 is 0.694 bits per heavy atom. The molecule has 0 aliphatic heterocycles. The second-order valence-electron chi connectivity index (χ2n) is 8.47. The van der Waals surface area contributed by atoms with E-state index in [1.54, 1.807) is 0 Å². The molecule has 0 aliphatic carbocycles. The molecule has 0 amide bonds. The van der Waals surface area contributed by atoms with Gasteiger partial charge in [0.2, 0.25) is 5.95 Å². The van der Waals surface area contributed by atoms with Gasteiger partial charge in [0.15, 0.2) is 5.78 Å². The molecule has 2 N–H and O–H groups in total. The lowest BCUT2D eigenvalue weighted by Crippen LogP contribution is -2.22. The molecule has 2 heterocycles. The molecule has 0 fully saturated rings. The van der Waals surface area contributed by atoms with Gasteiger partial charge in [0, 0.05) is 16.7 Å². The number of anilines is 1. The van der Waals surface area contributed by atoms with Crippen molar-refractivity contribution in [3.05, 3.63) is 132 Å². The minimum absolute atomic E-state index is 0.0379. The Labute approximate surface area is 208 Å². The third kappa shape index (κ3) is 4.05. The number of aromatic amines is 1. The molecule has 0 spiro atoms. The predicted octanol–water partition coefficient (Wildman–Crippen LogP) is 6.43. The van der Waals surface area contributed by atoms with E-state index < -0.39 is 6.04 Å². The number of hydrogen-bond donors (Lipinski definition) is 2. The molecule has 0 saturated heterocycles. The minimum Gasteiger partial charge on any atom is -0.340 e. The summed E-state index contributed by atoms with van der Waals surface area (Å²) in [5.74, 6) is 0.950. The van der Waals surface area contributed by atoms with Gasteiger partial charge in [-0.3, -0.25) is 9.89 Å². The Morgan fingerprint density at radius 2 is 1.25 bits per heavy atom. The topological polar surface area (TPSA) is 75.1 Å². The van der Waals surface area contributed by atoms with Crippen molar-refractivity contribution in [2.24, 2.45) is 0 Å². The number of benzene rings is 4. The Morgan fingerprint density at radius 3 is 1.89 bits per heavy atom. The average molecular weight is 470 g/mol. The van der Waals surface area contributed by atoms with Crippen LogP contribution in [0.3, 0.4) is 0 Å². The number of rotatable bonds is 7. The Balaban J connectivity index is 1.44. The van der Waals surface area contributed by atoms with Crippen LogP contribution in [0.25, 0.3) is 28.3 Å². The van der Waals surface area contributed by atoms with Crippen LogP contribution in [0.5, 0.6) is 0 Å². The zero-order chi connectivity index (χ0) is 24.3. The first-order valence-electron chi connectivity index (χ1n) is 11.8. The largest absolute Gasteiger partial charge is 0.340 e. The maximum Gasteiger partial charge on any atom is 0.253 e. The second kappa shape index (κ2) is 9.35. The lowest BCUT2D eigenvalue weighted by atomic mass is 9.97. The number of carbonyl (C=O) groups is 1. The van der Waals surface area contributed by atoms with Crippen LogP contribution < -0.4 is 5.32 Å². The second-order valence-corrected chi connectivity index (χ2v) is 8.47. The number of imidazole rings is 1. The van der Waals surface area contributed by atoms with Crippen molar-refractivity contribution in [1.82, 2.24) is 19.6 Å². The van der Waals surface area contributed by atoms with Gasteiger partial charge in [-0.15, -0.1) is 0 Å². The number of hydrogen-bond acceptors (Lipinski definition) is 4. The number of fused-ring (bicyclic) bond motifs is 1. The molecule has 0 unspecified atom stereocenters. The number of aromatic nitrogens is 4. The quantitative estimate of drug-likeness (QED) is 0.264. The van der Waals surface area contributed by atoms with Crippen LogP contribution in [0.4, 0.5) is 5.95 Å². The first-order valence-corrected chi connectivity index (χ1v) is 11.8. The molecule has 0 bridgehead atoms. The number of Topliss-reactive ketones (excluding diaryl/α,β-unsaturated/α-hetero) is 1.